The summed E-state index contributed by atoms with van der Waals surface area (Å²) in [5.74, 6) is -2.64. The van der Waals surface area contributed by atoms with Crippen LogP contribution < -0.4 is 10.6 Å². The Kier molecular flexibility index (Phi) is 8.42. The molecule has 3 N–H and O–H groups in total. The number of aliphatic carboxylic acids is 1. The number of amides is 2. The van der Waals surface area contributed by atoms with Crippen LogP contribution in [0.2, 0.25) is 0 Å². The SMILES string of the molecule is CC(OCc1ccccc1)C(NC(=O)OCC1c2ccccc2-c2ccccc21)C(=O)NC1COCC1C(=O)O. The number of benzene rings is 3. The number of carbonyl (C=O) groups is 3. The molecule has 4 atom stereocenters. The van der Waals surface area contributed by atoms with Gasteiger partial charge in [-0.05, 0) is 34.7 Å². The van der Waals surface area contributed by atoms with Crippen LogP contribution in [0.15, 0.2) is 78.9 Å². The minimum atomic E-state index is -1.13. The van der Waals surface area contributed by atoms with Crippen molar-refractivity contribution in [2.45, 2.75) is 37.6 Å². The molecule has 1 heterocycles. The summed E-state index contributed by atoms with van der Waals surface area (Å²) in [6.07, 6.45) is -1.51. The van der Waals surface area contributed by atoms with E-state index in [0.29, 0.717) is 0 Å². The maximum absolute atomic E-state index is 13.3. The second-order valence-corrected chi connectivity index (χ2v) is 10.0. The molecule has 1 saturated heterocycles. The standard InChI is InChI=1S/C31H32N2O7/c1-19(39-15-20-9-3-2-4-10-20)28(29(34)32-27-18-38-16-26(27)30(35)36)33-31(37)40-17-25-23-13-7-5-11-21(23)22-12-6-8-14-24(22)25/h2-14,19,25-28H,15-18H2,1H3,(H,32,34)(H,33,37)(H,35,36). The highest BCUT2D eigenvalue weighted by molar-refractivity contribution is 5.87. The lowest BCUT2D eigenvalue weighted by molar-refractivity contribution is -0.142. The van der Waals surface area contributed by atoms with Crippen LogP contribution in [0.1, 0.15) is 29.5 Å². The van der Waals surface area contributed by atoms with Gasteiger partial charge in [0.1, 0.15) is 18.6 Å². The highest BCUT2D eigenvalue weighted by atomic mass is 16.5. The molecule has 4 unspecified atom stereocenters. The first kappa shape index (κ1) is 27.4. The average Bonchev–Trinajstić information content (AvgIpc) is 3.56. The fourth-order valence-electron chi connectivity index (χ4n) is 5.27. The highest BCUT2D eigenvalue weighted by Gasteiger charge is 2.38. The van der Waals surface area contributed by atoms with E-state index in [1.165, 1.54) is 0 Å². The normalized spacial score (nSPS) is 19.2. The molecule has 0 spiro atoms. The van der Waals surface area contributed by atoms with Crippen molar-refractivity contribution < 1.29 is 33.7 Å². The Morgan fingerprint density at radius 2 is 1.55 bits per heavy atom. The summed E-state index contributed by atoms with van der Waals surface area (Å²) in [6.45, 7) is 2.06. The Morgan fingerprint density at radius 3 is 2.20 bits per heavy atom. The van der Waals surface area contributed by atoms with Crippen LogP contribution in [0, 0.1) is 5.92 Å². The van der Waals surface area contributed by atoms with Crippen molar-refractivity contribution in [3.63, 3.8) is 0 Å². The molecule has 40 heavy (non-hydrogen) atoms. The van der Waals surface area contributed by atoms with E-state index in [1.54, 1.807) is 6.92 Å². The third-order valence-corrected chi connectivity index (χ3v) is 7.45. The Hall–Kier alpha value is -4.21. The summed E-state index contributed by atoms with van der Waals surface area (Å²) in [7, 11) is 0. The van der Waals surface area contributed by atoms with Crippen molar-refractivity contribution in [1.29, 1.82) is 0 Å². The van der Waals surface area contributed by atoms with E-state index >= 15 is 0 Å². The van der Waals surface area contributed by atoms with E-state index in [-0.39, 0.29) is 32.3 Å². The first-order valence-corrected chi connectivity index (χ1v) is 13.3. The van der Waals surface area contributed by atoms with Crippen molar-refractivity contribution in [2.75, 3.05) is 19.8 Å². The number of rotatable bonds is 10. The number of nitrogens with one attached hydrogen (secondary N) is 2. The van der Waals surface area contributed by atoms with Gasteiger partial charge < -0.3 is 30.0 Å². The van der Waals surface area contributed by atoms with E-state index in [9.17, 15) is 19.5 Å². The molecule has 2 amide bonds. The first-order chi connectivity index (χ1) is 19.4. The lowest BCUT2D eigenvalue weighted by Crippen LogP contribution is -2.56. The lowest BCUT2D eigenvalue weighted by atomic mass is 9.98. The van der Waals surface area contributed by atoms with Crippen LogP contribution in [-0.4, -0.2) is 61.1 Å². The zero-order chi connectivity index (χ0) is 28.1. The third-order valence-electron chi connectivity index (χ3n) is 7.45. The zero-order valence-corrected chi connectivity index (χ0v) is 22.1. The molecule has 1 fully saturated rings. The molecule has 208 valence electrons. The molecule has 2 aliphatic rings. The second-order valence-electron chi connectivity index (χ2n) is 10.0. The van der Waals surface area contributed by atoms with E-state index in [0.717, 1.165) is 27.8 Å². The van der Waals surface area contributed by atoms with E-state index in [4.69, 9.17) is 14.2 Å². The number of ether oxygens (including phenoxy) is 3. The van der Waals surface area contributed by atoms with Crippen molar-refractivity contribution in [3.05, 3.63) is 95.6 Å². The van der Waals surface area contributed by atoms with Gasteiger partial charge in [-0.1, -0.05) is 78.9 Å². The second kappa shape index (κ2) is 12.3. The van der Waals surface area contributed by atoms with Crippen molar-refractivity contribution in [2.24, 2.45) is 5.92 Å². The number of alkyl carbamates (subject to hydrolysis) is 1. The Balaban J connectivity index is 1.27. The van der Waals surface area contributed by atoms with Crippen LogP contribution in [-0.2, 0) is 30.4 Å². The van der Waals surface area contributed by atoms with E-state index < -0.39 is 42.1 Å². The maximum atomic E-state index is 13.3. The number of carbonyl (C=O) groups excluding carboxylic acids is 2. The lowest BCUT2D eigenvalue weighted by Gasteiger charge is -2.27. The third kappa shape index (κ3) is 6.00. The van der Waals surface area contributed by atoms with Gasteiger partial charge in [-0.3, -0.25) is 9.59 Å². The molecule has 0 radical (unpaired) electrons. The quantitative estimate of drug-likeness (QED) is 0.356. The Bertz CT molecular complexity index is 1320. The highest BCUT2D eigenvalue weighted by Crippen LogP contribution is 2.44. The molecule has 5 rings (SSSR count). The first-order valence-electron chi connectivity index (χ1n) is 13.3. The van der Waals surface area contributed by atoms with Gasteiger partial charge in [0.15, 0.2) is 0 Å². The van der Waals surface area contributed by atoms with Crippen molar-refractivity contribution in [3.8, 4) is 11.1 Å². The predicted molar refractivity (Wildman–Crippen MR) is 147 cm³/mol. The predicted octanol–water partition coefficient (Wildman–Crippen LogP) is 3.71. The molecular formula is C31H32N2O7. The summed E-state index contributed by atoms with van der Waals surface area (Å²) in [4.78, 5) is 37.9. The molecular weight excluding hydrogens is 512 g/mol. The minimum absolute atomic E-state index is 0.00478. The topological polar surface area (TPSA) is 123 Å². The van der Waals surface area contributed by atoms with Gasteiger partial charge in [-0.25, -0.2) is 4.79 Å². The molecule has 0 saturated carbocycles. The Labute approximate surface area is 232 Å². The van der Waals surface area contributed by atoms with Crippen molar-refractivity contribution >= 4 is 18.0 Å². The van der Waals surface area contributed by atoms with Crippen LogP contribution in [0.25, 0.3) is 11.1 Å². The van der Waals surface area contributed by atoms with Gasteiger partial charge in [0.25, 0.3) is 0 Å². The molecule has 0 bridgehead atoms. The number of hydrogen-bond donors (Lipinski definition) is 3. The van der Waals surface area contributed by atoms with Gasteiger partial charge in [-0.2, -0.15) is 0 Å². The summed E-state index contributed by atoms with van der Waals surface area (Å²) in [5, 5.41) is 14.8. The van der Waals surface area contributed by atoms with Gasteiger partial charge in [0.05, 0.1) is 32.0 Å². The Morgan fingerprint density at radius 1 is 0.925 bits per heavy atom. The molecule has 9 heteroatoms. The number of carboxylic acid groups (broad SMARTS) is 1. The van der Waals surface area contributed by atoms with Crippen molar-refractivity contribution in [1.82, 2.24) is 10.6 Å². The van der Waals surface area contributed by atoms with Gasteiger partial charge >= 0.3 is 12.1 Å². The summed E-state index contributed by atoms with van der Waals surface area (Å²) in [6, 6.07) is 23.6. The molecule has 9 nitrogen and oxygen atoms in total. The van der Waals surface area contributed by atoms with Crippen LogP contribution in [0.3, 0.4) is 0 Å². The van der Waals surface area contributed by atoms with Gasteiger partial charge in [-0.15, -0.1) is 0 Å². The van der Waals surface area contributed by atoms with Crippen LogP contribution >= 0.6 is 0 Å². The molecule has 1 aliphatic carbocycles. The van der Waals surface area contributed by atoms with Gasteiger partial charge in [0.2, 0.25) is 5.91 Å². The van der Waals surface area contributed by atoms with E-state index in [2.05, 4.69) is 22.8 Å². The van der Waals surface area contributed by atoms with E-state index in [1.807, 2.05) is 66.7 Å². The number of carboxylic acids is 1. The van der Waals surface area contributed by atoms with Crippen LogP contribution in [0.5, 0.6) is 0 Å². The fourth-order valence-corrected chi connectivity index (χ4v) is 5.27. The zero-order valence-electron chi connectivity index (χ0n) is 22.1. The fraction of sp³-hybridized carbons (Fsp3) is 0.323. The number of hydrogen-bond acceptors (Lipinski definition) is 6. The summed E-state index contributed by atoms with van der Waals surface area (Å²) >= 11 is 0. The summed E-state index contributed by atoms with van der Waals surface area (Å²) < 4.78 is 16.9. The largest absolute Gasteiger partial charge is 0.481 e. The molecule has 3 aromatic carbocycles. The van der Waals surface area contributed by atoms with Gasteiger partial charge in [0, 0.05) is 5.92 Å². The minimum Gasteiger partial charge on any atom is -0.481 e. The average molecular weight is 545 g/mol. The van der Waals surface area contributed by atoms with Crippen LogP contribution in [0.4, 0.5) is 4.79 Å². The molecule has 0 aromatic heterocycles. The number of fused-ring (bicyclic) bond motifs is 3. The smallest absolute Gasteiger partial charge is 0.407 e. The maximum Gasteiger partial charge on any atom is 0.407 e. The molecule has 1 aliphatic heterocycles. The molecule has 3 aromatic rings. The summed E-state index contributed by atoms with van der Waals surface area (Å²) in [5.41, 5.74) is 5.28. The monoisotopic (exact) mass is 544 g/mol.